The fourth-order valence-corrected chi connectivity index (χ4v) is 4.23. The number of rotatable bonds is 3. The molecule has 1 heterocycles. The van der Waals surface area contributed by atoms with Crippen molar-refractivity contribution < 1.29 is 19.4 Å². The van der Waals surface area contributed by atoms with E-state index in [2.05, 4.69) is 0 Å². The van der Waals surface area contributed by atoms with Crippen LogP contribution in [0.25, 0.3) is 16.7 Å². The van der Waals surface area contributed by atoms with E-state index in [4.69, 9.17) is 9.47 Å². The molecule has 1 aliphatic carbocycles. The molecular formula is C23H24O4. The number of ether oxygens (including phenoxy) is 2. The number of hydrogen-bond acceptors (Lipinski definition) is 4. The van der Waals surface area contributed by atoms with Gasteiger partial charge in [-0.05, 0) is 67.0 Å². The zero-order chi connectivity index (χ0) is 19.0. The first kappa shape index (κ1) is 17.7. The number of aliphatic hydroxyl groups is 1. The minimum atomic E-state index is -0.803. The zero-order valence-electron chi connectivity index (χ0n) is 15.7. The summed E-state index contributed by atoms with van der Waals surface area (Å²) in [6.45, 7) is 1.96. The van der Waals surface area contributed by atoms with Crippen LogP contribution in [-0.4, -0.2) is 23.8 Å². The lowest BCUT2D eigenvalue weighted by molar-refractivity contribution is -0.149. The molecule has 1 spiro atoms. The van der Waals surface area contributed by atoms with Gasteiger partial charge in [-0.2, -0.15) is 0 Å². The number of benzene rings is 2. The van der Waals surface area contributed by atoms with E-state index in [0.29, 0.717) is 18.4 Å². The van der Waals surface area contributed by atoms with E-state index >= 15 is 0 Å². The van der Waals surface area contributed by atoms with Crippen molar-refractivity contribution >= 4 is 11.5 Å². The van der Waals surface area contributed by atoms with Gasteiger partial charge >= 0.3 is 5.97 Å². The monoisotopic (exact) mass is 364 g/mol. The highest BCUT2D eigenvalue weighted by Gasteiger charge is 2.49. The lowest BCUT2D eigenvalue weighted by Gasteiger charge is -2.31. The highest BCUT2D eigenvalue weighted by atomic mass is 16.6. The molecule has 4 rings (SSSR count). The molecule has 0 atom stereocenters. The summed E-state index contributed by atoms with van der Waals surface area (Å²) in [4.78, 5) is 12.6. The topological polar surface area (TPSA) is 55.8 Å². The van der Waals surface area contributed by atoms with Crippen molar-refractivity contribution in [1.29, 1.82) is 0 Å². The second kappa shape index (κ2) is 6.76. The van der Waals surface area contributed by atoms with Crippen molar-refractivity contribution in [3.05, 3.63) is 59.4 Å². The maximum Gasteiger partial charge on any atom is 0.343 e. The fourth-order valence-electron chi connectivity index (χ4n) is 4.23. The van der Waals surface area contributed by atoms with Gasteiger partial charge < -0.3 is 14.6 Å². The van der Waals surface area contributed by atoms with Crippen LogP contribution in [0.4, 0.5) is 0 Å². The van der Waals surface area contributed by atoms with Gasteiger partial charge in [-0.25, -0.2) is 4.79 Å². The van der Waals surface area contributed by atoms with Crippen LogP contribution in [-0.2, 0) is 9.53 Å². The Hall–Kier alpha value is -2.75. The average Bonchev–Trinajstić information content (AvgIpc) is 2.92. The molecule has 1 saturated carbocycles. The smallest absolute Gasteiger partial charge is 0.343 e. The summed E-state index contributed by atoms with van der Waals surface area (Å²) in [5, 5.41) is 10.9. The normalized spacial score (nSPS) is 18.7. The van der Waals surface area contributed by atoms with Gasteiger partial charge in [0.25, 0.3) is 0 Å². The summed E-state index contributed by atoms with van der Waals surface area (Å²) < 4.78 is 11.0. The Balaban J connectivity index is 1.73. The molecule has 4 heteroatoms. The minimum absolute atomic E-state index is 0.115. The van der Waals surface area contributed by atoms with Crippen molar-refractivity contribution in [2.24, 2.45) is 0 Å². The van der Waals surface area contributed by atoms with Crippen LogP contribution in [0.3, 0.4) is 0 Å². The molecule has 0 saturated heterocycles. The number of methoxy groups -OCH3 is 1. The Bertz CT molecular complexity index is 920. The molecule has 0 aromatic heterocycles. The summed E-state index contributed by atoms with van der Waals surface area (Å²) >= 11 is 0. The van der Waals surface area contributed by atoms with E-state index in [1.165, 1.54) is 0 Å². The highest BCUT2D eigenvalue weighted by Crippen LogP contribution is 2.46. The van der Waals surface area contributed by atoms with Crippen molar-refractivity contribution in [1.82, 2.24) is 0 Å². The maximum absolute atomic E-state index is 12.6. The molecule has 0 bridgehead atoms. The fraction of sp³-hybridized carbons (Fsp3) is 0.348. The van der Waals surface area contributed by atoms with E-state index in [9.17, 15) is 9.90 Å². The van der Waals surface area contributed by atoms with Gasteiger partial charge in [-0.15, -0.1) is 0 Å². The molecule has 1 aliphatic heterocycles. The minimum Gasteiger partial charge on any atom is -0.507 e. The van der Waals surface area contributed by atoms with E-state index in [-0.39, 0.29) is 5.76 Å². The third-order valence-corrected chi connectivity index (χ3v) is 5.72. The van der Waals surface area contributed by atoms with E-state index in [0.717, 1.165) is 47.3 Å². The predicted octanol–water partition coefficient (Wildman–Crippen LogP) is 5.20. The standard InChI is InChI=1S/C23H24O4/c1-15-13-17(16-7-6-8-18(14-16)26-2)9-10-19(15)20-21(24)23(27-22(20)25)11-4-3-5-12-23/h6-10,13-14,24H,3-5,11-12H2,1-2H3. The maximum atomic E-state index is 12.6. The van der Waals surface area contributed by atoms with Crippen LogP contribution in [0.2, 0.25) is 0 Å². The summed E-state index contributed by atoms with van der Waals surface area (Å²) in [6, 6.07) is 13.8. The quantitative estimate of drug-likeness (QED) is 0.761. The van der Waals surface area contributed by atoms with Crippen LogP contribution in [0.5, 0.6) is 5.75 Å². The summed E-state index contributed by atoms with van der Waals surface area (Å²) in [7, 11) is 1.65. The van der Waals surface area contributed by atoms with E-state index < -0.39 is 11.6 Å². The van der Waals surface area contributed by atoms with Gasteiger partial charge in [-0.1, -0.05) is 36.8 Å². The number of hydrogen-bond donors (Lipinski definition) is 1. The van der Waals surface area contributed by atoms with Crippen LogP contribution in [0.15, 0.2) is 48.2 Å². The van der Waals surface area contributed by atoms with Crippen LogP contribution in [0, 0.1) is 6.92 Å². The molecule has 0 amide bonds. The lowest BCUT2D eigenvalue weighted by atomic mass is 9.82. The largest absolute Gasteiger partial charge is 0.507 e. The van der Waals surface area contributed by atoms with Gasteiger partial charge in [-0.3, -0.25) is 0 Å². The van der Waals surface area contributed by atoms with Gasteiger partial charge in [0.15, 0.2) is 11.4 Å². The van der Waals surface area contributed by atoms with Crippen molar-refractivity contribution in [2.75, 3.05) is 7.11 Å². The van der Waals surface area contributed by atoms with Crippen molar-refractivity contribution in [2.45, 2.75) is 44.6 Å². The van der Waals surface area contributed by atoms with Crippen LogP contribution >= 0.6 is 0 Å². The third-order valence-electron chi connectivity index (χ3n) is 5.72. The number of carbonyl (C=O) groups excluding carboxylic acids is 1. The van der Waals surface area contributed by atoms with Crippen LogP contribution < -0.4 is 4.74 Å². The Labute approximate surface area is 159 Å². The van der Waals surface area contributed by atoms with Gasteiger partial charge in [0.2, 0.25) is 0 Å². The molecule has 2 aromatic rings. The average molecular weight is 364 g/mol. The first-order chi connectivity index (χ1) is 13.0. The predicted molar refractivity (Wildman–Crippen MR) is 105 cm³/mol. The Morgan fingerprint density at radius 3 is 2.48 bits per heavy atom. The first-order valence-electron chi connectivity index (χ1n) is 9.46. The molecule has 1 fully saturated rings. The summed E-state index contributed by atoms with van der Waals surface area (Å²) in [6.07, 6.45) is 4.47. The van der Waals surface area contributed by atoms with Gasteiger partial charge in [0.05, 0.1) is 7.11 Å². The van der Waals surface area contributed by atoms with Gasteiger partial charge in [0.1, 0.15) is 11.3 Å². The van der Waals surface area contributed by atoms with E-state index in [1.807, 2.05) is 49.4 Å². The highest BCUT2D eigenvalue weighted by molar-refractivity contribution is 6.20. The lowest BCUT2D eigenvalue weighted by Crippen LogP contribution is -2.34. The number of carbonyl (C=O) groups is 1. The summed E-state index contributed by atoms with van der Waals surface area (Å²) in [5.74, 6) is 0.504. The molecule has 4 nitrogen and oxygen atoms in total. The van der Waals surface area contributed by atoms with Crippen molar-refractivity contribution in [3.63, 3.8) is 0 Å². The summed E-state index contributed by atoms with van der Waals surface area (Å²) in [5.41, 5.74) is 3.27. The SMILES string of the molecule is COc1cccc(-c2ccc(C3=C(O)C4(CCCCC4)OC3=O)c(C)c2)c1. The Morgan fingerprint density at radius 1 is 1.04 bits per heavy atom. The second-order valence-corrected chi connectivity index (χ2v) is 7.43. The number of aryl methyl sites for hydroxylation is 1. The molecule has 140 valence electrons. The molecule has 1 N–H and O–H groups in total. The molecule has 0 radical (unpaired) electrons. The Morgan fingerprint density at radius 2 is 1.78 bits per heavy atom. The second-order valence-electron chi connectivity index (χ2n) is 7.43. The zero-order valence-corrected chi connectivity index (χ0v) is 15.7. The number of esters is 1. The molecule has 0 unspecified atom stereocenters. The molecule has 2 aromatic carbocycles. The molecule has 2 aliphatic rings. The molecule has 27 heavy (non-hydrogen) atoms. The Kier molecular flexibility index (Phi) is 4.42. The number of aliphatic hydroxyl groups excluding tert-OH is 1. The van der Waals surface area contributed by atoms with Crippen molar-refractivity contribution in [3.8, 4) is 16.9 Å². The van der Waals surface area contributed by atoms with Gasteiger partial charge in [0, 0.05) is 0 Å². The third kappa shape index (κ3) is 2.99. The van der Waals surface area contributed by atoms with E-state index in [1.54, 1.807) is 7.11 Å². The molecular weight excluding hydrogens is 340 g/mol. The van der Waals surface area contributed by atoms with Crippen LogP contribution in [0.1, 0.15) is 43.2 Å². The first-order valence-corrected chi connectivity index (χ1v) is 9.46.